The summed E-state index contributed by atoms with van der Waals surface area (Å²) in [6, 6.07) is 7.28. The molecule has 1 N–H and O–H groups in total. The molecular formula is C12H11Cl2NO. The fourth-order valence-electron chi connectivity index (χ4n) is 1.42. The Balaban J connectivity index is 2.07. The van der Waals surface area contributed by atoms with Crippen molar-refractivity contribution < 1.29 is 4.42 Å². The number of nitrogens with one attached hydrogen (secondary N) is 1. The van der Waals surface area contributed by atoms with Gasteiger partial charge in [-0.25, -0.2) is 0 Å². The van der Waals surface area contributed by atoms with E-state index in [1.54, 1.807) is 12.3 Å². The Bertz CT molecular complexity index is 473. The first-order valence-corrected chi connectivity index (χ1v) is 5.63. The lowest BCUT2D eigenvalue weighted by Crippen LogP contribution is -1.99. The van der Waals surface area contributed by atoms with Crippen LogP contribution >= 0.6 is 23.2 Å². The van der Waals surface area contributed by atoms with Crippen LogP contribution in [0.15, 0.2) is 34.9 Å². The molecule has 0 radical (unpaired) electrons. The van der Waals surface area contributed by atoms with Crippen LogP contribution in [-0.2, 0) is 6.54 Å². The lowest BCUT2D eigenvalue weighted by atomic mass is 10.2. The first-order valence-electron chi connectivity index (χ1n) is 4.88. The van der Waals surface area contributed by atoms with Gasteiger partial charge in [0.15, 0.2) is 0 Å². The quantitative estimate of drug-likeness (QED) is 0.874. The molecule has 0 saturated carbocycles. The van der Waals surface area contributed by atoms with Gasteiger partial charge in [-0.05, 0) is 36.8 Å². The Morgan fingerprint density at radius 3 is 2.44 bits per heavy atom. The Morgan fingerprint density at radius 1 is 1.19 bits per heavy atom. The van der Waals surface area contributed by atoms with Crippen molar-refractivity contribution in [1.82, 2.24) is 0 Å². The van der Waals surface area contributed by atoms with Crippen LogP contribution in [0.1, 0.15) is 11.3 Å². The van der Waals surface area contributed by atoms with E-state index in [2.05, 4.69) is 5.32 Å². The minimum Gasteiger partial charge on any atom is -0.467 e. The zero-order valence-electron chi connectivity index (χ0n) is 8.76. The second-order valence-electron chi connectivity index (χ2n) is 3.54. The number of hydrogen-bond donors (Lipinski definition) is 1. The van der Waals surface area contributed by atoms with Gasteiger partial charge in [-0.2, -0.15) is 0 Å². The smallest absolute Gasteiger partial charge is 0.125 e. The summed E-state index contributed by atoms with van der Waals surface area (Å²) in [5, 5.41) is 4.44. The molecule has 0 amide bonds. The van der Waals surface area contributed by atoms with Crippen molar-refractivity contribution in [2.75, 3.05) is 5.32 Å². The molecule has 0 aliphatic carbocycles. The van der Waals surface area contributed by atoms with E-state index in [0.717, 1.165) is 17.0 Å². The fraction of sp³-hybridized carbons (Fsp3) is 0.167. The molecule has 0 atom stereocenters. The third-order valence-electron chi connectivity index (χ3n) is 2.28. The minimum absolute atomic E-state index is 0.617. The van der Waals surface area contributed by atoms with Crippen molar-refractivity contribution >= 4 is 28.9 Å². The minimum atomic E-state index is 0.617. The van der Waals surface area contributed by atoms with Gasteiger partial charge in [0.2, 0.25) is 0 Å². The van der Waals surface area contributed by atoms with Gasteiger partial charge in [0.25, 0.3) is 0 Å². The van der Waals surface area contributed by atoms with Crippen LogP contribution in [0.2, 0.25) is 10.0 Å². The average molecular weight is 256 g/mol. The van der Waals surface area contributed by atoms with E-state index in [-0.39, 0.29) is 0 Å². The first kappa shape index (κ1) is 11.4. The van der Waals surface area contributed by atoms with Crippen LogP contribution in [-0.4, -0.2) is 0 Å². The second-order valence-corrected chi connectivity index (χ2v) is 4.41. The van der Waals surface area contributed by atoms with Crippen LogP contribution < -0.4 is 5.32 Å². The maximum Gasteiger partial charge on any atom is 0.125 e. The van der Waals surface area contributed by atoms with Gasteiger partial charge >= 0.3 is 0 Å². The summed E-state index contributed by atoms with van der Waals surface area (Å²) in [5.74, 6) is 0.913. The Kier molecular flexibility index (Phi) is 3.42. The second kappa shape index (κ2) is 4.81. The zero-order chi connectivity index (χ0) is 11.5. The first-order chi connectivity index (χ1) is 7.65. The highest BCUT2D eigenvalue weighted by atomic mass is 35.5. The van der Waals surface area contributed by atoms with Gasteiger partial charge in [-0.1, -0.05) is 23.2 Å². The van der Waals surface area contributed by atoms with E-state index < -0.39 is 0 Å². The van der Waals surface area contributed by atoms with Gasteiger partial charge in [0.05, 0.1) is 12.8 Å². The van der Waals surface area contributed by atoms with Gasteiger partial charge in [-0.3, -0.25) is 0 Å². The molecule has 2 aromatic rings. The van der Waals surface area contributed by atoms with Gasteiger partial charge < -0.3 is 9.73 Å². The highest BCUT2D eigenvalue weighted by Crippen LogP contribution is 2.23. The van der Waals surface area contributed by atoms with E-state index in [1.807, 2.05) is 25.1 Å². The number of halogens is 2. The predicted octanol–water partition coefficient (Wildman–Crippen LogP) is 4.51. The van der Waals surface area contributed by atoms with Crippen LogP contribution in [0.25, 0.3) is 0 Å². The number of anilines is 1. The molecular weight excluding hydrogens is 245 g/mol. The van der Waals surface area contributed by atoms with Crippen LogP contribution in [0, 0.1) is 6.92 Å². The maximum absolute atomic E-state index is 5.89. The highest BCUT2D eigenvalue weighted by molar-refractivity contribution is 6.35. The molecule has 0 saturated heterocycles. The molecule has 0 aliphatic rings. The monoisotopic (exact) mass is 255 g/mol. The predicted molar refractivity (Wildman–Crippen MR) is 67.2 cm³/mol. The molecule has 1 heterocycles. The van der Waals surface area contributed by atoms with Crippen molar-refractivity contribution in [3.8, 4) is 0 Å². The number of furan rings is 1. The summed E-state index contributed by atoms with van der Waals surface area (Å²) < 4.78 is 5.32. The molecule has 0 bridgehead atoms. The molecule has 4 heteroatoms. The summed E-state index contributed by atoms with van der Waals surface area (Å²) in [6.07, 6.45) is 1.68. The van der Waals surface area contributed by atoms with Crippen LogP contribution in [0.5, 0.6) is 0 Å². The SMILES string of the molecule is Cc1ccoc1CNc1cc(Cl)cc(Cl)c1. The number of aryl methyl sites for hydroxylation is 1. The fourth-order valence-corrected chi connectivity index (χ4v) is 1.95. The lowest BCUT2D eigenvalue weighted by Gasteiger charge is -2.06. The van der Waals surface area contributed by atoms with Crippen LogP contribution in [0.4, 0.5) is 5.69 Å². The summed E-state index contributed by atoms with van der Waals surface area (Å²) in [4.78, 5) is 0. The van der Waals surface area contributed by atoms with Crippen molar-refractivity contribution in [2.24, 2.45) is 0 Å². The molecule has 2 nitrogen and oxygen atoms in total. The standard InChI is InChI=1S/C12H11Cl2NO/c1-8-2-3-16-12(8)7-15-11-5-9(13)4-10(14)6-11/h2-6,15H,7H2,1H3. The molecule has 1 aromatic carbocycles. The molecule has 0 spiro atoms. The summed E-state index contributed by atoms with van der Waals surface area (Å²) in [6.45, 7) is 2.63. The molecule has 0 aliphatic heterocycles. The number of hydrogen-bond acceptors (Lipinski definition) is 2. The maximum atomic E-state index is 5.89. The lowest BCUT2D eigenvalue weighted by molar-refractivity contribution is 0.515. The van der Waals surface area contributed by atoms with Crippen molar-refractivity contribution in [2.45, 2.75) is 13.5 Å². The average Bonchev–Trinajstić information content (AvgIpc) is 2.59. The molecule has 0 unspecified atom stereocenters. The highest BCUT2D eigenvalue weighted by Gasteiger charge is 2.02. The van der Waals surface area contributed by atoms with Crippen LogP contribution in [0.3, 0.4) is 0 Å². The molecule has 84 valence electrons. The molecule has 16 heavy (non-hydrogen) atoms. The summed E-state index contributed by atoms with van der Waals surface area (Å²) >= 11 is 11.8. The number of rotatable bonds is 3. The molecule has 0 fully saturated rings. The van der Waals surface area contributed by atoms with E-state index in [4.69, 9.17) is 27.6 Å². The van der Waals surface area contributed by atoms with Gasteiger partial charge in [-0.15, -0.1) is 0 Å². The van der Waals surface area contributed by atoms with Gasteiger partial charge in [0.1, 0.15) is 5.76 Å². The van der Waals surface area contributed by atoms with E-state index in [9.17, 15) is 0 Å². The van der Waals surface area contributed by atoms with Crippen molar-refractivity contribution in [1.29, 1.82) is 0 Å². The van der Waals surface area contributed by atoms with Crippen molar-refractivity contribution in [3.05, 3.63) is 51.9 Å². The number of benzene rings is 1. The zero-order valence-corrected chi connectivity index (χ0v) is 10.3. The largest absolute Gasteiger partial charge is 0.467 e. The molecule has 1 aromatic heterocycles. The summed E-state index contributed by atoms with van der Waals surface area (Å²) in [7, 11) is 0. The normalized spacial score (nSPS) is 10.4. The summed E-state index contributed by atoms with van der Waals surface area (Å²) in [5.41, 5.74) is 2.01. The van der Waals surface area contributed by atoms with E-state index in [0.29, 0.717) is 16.6 Å². The van der Waals surface area contributed by atoms with E-state index in [1.165, 1.54) is 0 Å². The topological polar surface area (TPSA) is 25.2 Å². The third kappa shape index (κ3) is 2.71. The molecule has 2 rings (SSSR count). The third-order valence-corrected chi connectivity index (χ3v) is 2.72. The van der Waals surface area contributed by atoms with Gasteiger partial charge in [0, 0.05) is 15.7 Å². The Morgan fingerprint density at radius 2 is 1.88 bits per heavy atom. The van der Waals surface area contributed by atoms with Crippen molar-refractivity contribution in [3.63, 3.8) is 0 Å². The Labute approximate surface area is 104 Å². The Hall–Kier alpha value is -1.12. The van der Waals surface area contributed by atoms with E-state index >= 15 is 0 Å².